The Hall–Kier alpha value is -5.74. The number of nitrogens with zero attached hydrogens (tertiary/aromatic N) is 4. The van der Waals surface area contributed by atoms with E-state index in [2.05, 4.69) is 69.1 Å². The molecule has 9 rings (SSSR count). The van der Waals surface area contributed by atoms with Crippen LogP contribution in [0, 0.1) is 17.8 Å². The van der Waals surface area contributed by atoms with Gasteiger partial charge in [0, 0.05) is 38.3 Å². The third kappa shape index (κ3) is 9.85. The number of amides is 4. The number of piperidine rings is 1. The second kappa shape index (κ2) is 20.0. The highest BCUT2D eigenvalue weighted by Gasteiger charge is 2.51. The molecule has 2 aromatic heterocycles. The van der Waals surface area contributed by atoms with E-state index in [1.54, 1.807) is 0 Å². The van der Waals surface area contributed by atoms with E-state index < -0.39 is 24.3 Å². The van der Waals surface area contributed by atoms with Crippen molar-refractivity contribution in [3.63, 3.8) is 0 Å². The van der Waals surface area contributed by atoms with Crippen LogP contribution in [0.4, 0.5) is 9.59 Å². The number of benzene rings is 2. The van der Waals surface area contributed by atoms with Crippen LogP contribution in [0.1, 0.15) is 109 Å². The van der Waals surface area contributed by atoms with Gasteiger partial charge in [-0.15, -0.1) is 0 Å². The van der Waals surface area contributed by atoms with Gasteiger partial charge in [0.25, 0.3) is 0 Å². The number of hydrogen-bond acceptors (Lipinski definition) is 10. The number of rotatable bonds is 13. The summed E-state index contributed by atoms with van der Waals surface area (Å²) < 4.78 is 22.1. The topological polar surface area (TPSA) is 193 Å². The summed E-state index contributed by atoms with van der Waals surface area (Å²) in [5.74, 6) is 1.32. The summed E-state index contributed by atoms with van der Waals surface area (Å²) in [5, 5.41) is 5.77. The number of alkyl carbamates (subject to hydrolysis) is 2. The number of nitrogens with one attached hydrogen (secondary N) is 4. The average Bonchev–Trinajstić information content (AvgIpc) is 4.20. The van der Waals surface area contributed by atoms with E-state index in [9.17, 15) is 19.2 Å². The molecule has 6 heterocycles. The third-order valence-electron chi connectivity index (χ3n) is 14.2. The third-order valence-corrected chi connectivity index (χ3v) is 14.2. The van der Waals surface area contributed by atoms with Gasteiger partial charge >= 0.3 is 12.2 Å². The van der Waals surface area contributed by atoms with Crippen molar-refractivity contribution >= 4 is 24.0 Å². The first-order valence-corrected chi connectivity index (χ1v) is 24.0. The molecule has 1 aliphatic carbocycles. The predicted octanol–water partition coefficient (Wildman–Crippen LogP) is 7.71. The van der Waals surface area contributed by atoms with E-state index >= 15 is 0 Å². The first-order valence-electron chi connectivity index (χ1n) is 24.0. The summed E-state index contributed by atoms with van der Waals surface area (Å²) >= 11 is 0. The fraction of sp³-hybridized carbons (Fsp3) is 0.560. The molecule has 4 amide bonds. The van der Waals surface area contributed by atoms with Crippen LogP contribution < -0.4 is 10.6 Å². The molecule has 4 N–H and O–H groups in total. The first-order chi connectivity index (χ1) is 32.0. The molecule has 352 valence electrons. The molecule has 16 nitrogen and oxygen atoms in total. The molecule has 4 aliphatic heterocycles. The number of ether oxygens (including phenoxy) is 4. The number of fused-ring (bicyclic) bond motifs is 2. The van der Waals surface area contributed by atoms with Crippen LogP contribution in [0.5, 0.6) is 0 Å². The highest BCUT2D eigenvalue weighted by atomic mass is 16.6. The molecule has 0 radical (unpaired) electrons. The van der Waals surface area contributed by atoms with Crippen molar-refractivity contribution in [2.24, 2.45) is 17.8 Å². The van der Waals surface area contributed by atoms with E-state index in [1.165, 1.54) is 0 Å². The monoisotopic (exact) mass is 904 g/mol. The summed E-state index contributed by atoms with van der Waals surface area (Å²) in [6, 6.07) is 14.9. The van der Waals surface area contributed by atoms with Gasteiger partial charge in [0.2, 0.25) is 11.8 Å². The zero-order chi connectivity index (χ0) is 45.9. The second-order valence-corrected chi connectivity index (χ2v) is 19.3. The Morgan fingerprint density at radius 1 is 0.636 bits per heavy atom. The normalized spacial score (nSPS) is 23.3. The molecule has 0 unspecified atom stereocenters. The minimum Gasteiger partial charge on any atom is -0.446 e. The minimum absolute atomic E-state index is 0.0874. The van der Waals surface area contributed by atoms with Crippen LogP contribution in [0.2, 0.25) is 0 Å². The lowest BCUT2D eigenvalue weighted by molar-refractivity contribution is -0.139. The standard InChI is InChI=1S/C50H64N8O8/c1-29(2)42(55-49(61)65-37-17-22-63-23-18-37)47(59)57-21-5-6-41(57)45-51-27-39(53-45)33-11-7-31(8-12-33)32-9-13-34(14-10-32)40-28-52-46(54-40)44-35-15-16-36(26-35)58(44)48(60)43(30(3)4)56-50(62)66-38-19-24-64-25-20-38/h7-14,27-30,35-38,41-44H,5-6,15-26H2,1-4H3,(H,51,53)(H,52,54)(H,55,61)(H,56,62)/t35-,36-,41-,42+,43-,44+/m0/s1. The maximum absolute atomic E-state index is 14.3. The Labute approximate surface area is 386 Å². The van der Waals surface area contributed by atoms with Gasteiger partial charge in [-0.1, -0.05) is 76.2 Å². The number of imidazole rings is 2. The van der Waals surface area contributed by atoms with Crippen LogP contribution in [-0.4, -0.2) is 117 Å². The summed E-state index contributed by atoms with van der Waals surface area (Å²) in [7, 11) is 0. The molecule has 2 aromatic carbocycles. The van der Waals surface area contributed by atoms with Crippen LogP contribution in [0.15, 0.2) is 60.9 Å². The average molecular weight is 905 g/mol. The lowest BCUT2D eigenvalue weighted by atomic mass is 9.95. The van der Waals surface area contributed by atoms with Gasteiger partial charge in [-0.3, -0.25) is 9.59 Å². The van der Waals surface area contributed by atoms with Crippen molar-refractivity contribution in [3.05, 3.63) is 72.6 Å². The molecule has 4 aromatic rings. The summed E-state index contributed by atoms with van der Waals surface area (Å²) in [5.41, 5.74) is 5.83. The predicted molar refractivity (Wildman–Crippen MR) is 246 cm³/mol. The van der Waals surface area contributed by atoms with Crippen molar-refractivity contribution in [1.82, 2.24) is 40.4 Å². The smallest absolute Gasteiger partial charge is 0.408 e. The largest absolute Gasteiger partial charge is 0.446 e. The van der Waals surface area contributed by atoms with Gasteiger partial charge in [0.1, 0.15) is 35.9 Å². The summed E-state index contributed by atoms with van der Waals surface area (Å²) in [6.07, 6.45) is 9.27. The lowest BCUT2D eigenvalue weighted by Crippen LogP contribution is -2.54. The zero-order valence-corrected chi connectivity index (χ0v) is 38.5. The molecular weight excluding hydrogens is 841 g/mol. The number of H-pyrrole nitrogens is 2. The maximum Gasteiger partial charge on any atom is 0.408 e. The Bertz CT molecular complexity index is 2320. The number of hydrogen-bond donors (Lipinski definition) is 4. The number of likely N-dealkylation sites (tertiary alicyclic amines) is 2. The van der Waals surface area contributed by atoms with Crippen molar-refractivity contribution < 1.29 is 38.1 Å². The summed E-state index contributed by atoms with van der Waals surface area (Å²) in [4.78, 5) is 74.5. The Balaban J connectivity index is 0.826. The number of aromatic nitrogens is 4. The molecule has 16 heteroatoms. The van der Waals surface area contributed by atoms with E-state index in [0.29, 0.717) is 64.6 Å². The fourth-order valence-corrected chi connectivity index (χ4v) is 10.5. The molecule has 5 fully saturated rings. The molecule has 1 saturated carbocycles. The maximum atomic E-state index is 14.3. The number of carbonyl (C=O) groups is 4. The van der Waals surface area contributed by atoms with E-state index in [0.717, 1.165) is 77.4 Å². The van der Waals surface area contributed by atoms with Gasteiger partial charge in [0.15, 0.2) is 0 Å². The Morgan fingerprint density at radius 2 is 1.12 bits per heavy atom. The minimum atomic E-state index is -0.713. The van der Waals surface area contributed by atoms with Crippen LogP contribution >= 0.6 is 0 Å². The first kappa shape index (κ1) is 45.4. The fourth-order valence-electron chi connectivity index (χ4n) is 10.5. The van der Waals surface area contributed by atoms with Crippen LogP contribution in [-0.2, 0) is 28.5 Å². The van der Waals surface area contributed by atoms with E-state index in [4.69, 9.17) is 28.9 Å². The van der Waals surface area contributed by atoms with Gasteiger partial charge in [-0.05, 0) is 72.1 Å². The van der Waals surface area contributed by atoms with Crippen LogP contribution in [0.3, 0.4) is 0 Å². The van der Waals surface area contributed by atoms with Crippen molar-refractivity contribution in [2.75, 3.05) is 33.0 Å². The van der Waals surface area contributed by atoms with Crippen molar-refractivity contribution in [1.29, 1.82) is 0 Å². The molecule has 0 spiro atoms. The molecule has 5 aliphatic rings. The van der Waals surface area contributed by atoms with Gasteiger partial charge in [-0.25, -0.2) is 19.6 Å². The Kier molecular flexibility index (Phi) is 13.8. The second-order valence-electron chi connectivity index (χ2n) is 19.3. The molecule has 66 heavy (non-hydrogen) atoms. The quantitative estimate of drug-likeness (QED) is 0.103. The lowest BCUT2D eigenvalue weighted by Gasteiger charge is -2.37. The van der Waals surface area contributed by atoms with Gasteiger partial charge in [-0.2, -0.15) is 0 Å². The summed E-state index contributed by atoms with van der Waals surface area (Å²) in [6.45, 7) is 10.6. The highest BCUT2D eigenvalue weighted by Crippen LogP contribution is 2.50. The van der Waals surface area contributed by atoms with E-state index in [1.807, 2.05) is 49.9 Å². The molecular formula is C50H64N8O8. The molecule has 2 bridgehead atoms. The van der Waals surface area contributed by atoms with Gasteiger partial charge < -0.3 is 49.3 Å². The van der Waals surface area contributed by atoms with Crippen molar-refractivity contribution in [2.45, 2.75) is 128 Å². The van der Waals surface area contributed by atoms with E-state index in [-0.39, 0.29) is 54.0 Å². The Morgan fingerprint density at radius 3 is 1.65 bits per heavy atom. The SMILES string of the molecule is CC(C)[C@H](NC(=O)OC1CCOCC1)C(=O)N1[C@H]2CC[C@@H](C2)[C@@H]1c1ncc(-c2ccc(-c3ccc(-c4cnc([C@@H]5CCCN5C(=O)[C@H](NC(=O)OC5CCOCC5)C(C)C)[nH]4)cc3)cc2)[nH]1. The van der Waals surface area contributed by atoms with Crippen molar-refractivity contribution in [3.8, 4) is 33.6 Å². The number of aromatic amines is 2. The molecule has 4 saturated heterocycles. The molecule has 6 atom stereocenters. The van der Waals surface area contributed by atoms with Crippen LogP contribution in [0.25, 0.3) is 33.6 Å². The number of carbonyl (C=O) groups excluding carboxylic acids is 4. The zero-order valence-electron chi connectivity index (χ0n) is 38.5. The van der Waals surface area contributed by atoms with Gasteiger partial charge in [0.05, 0.1) is 62.3 Å². The highest BCUT2D eigenvalue weighted by molar-refractivity contribution is 5.87.